The molecule has 0 saturated carbocycles. The van der Waals surface area contributed by atoms with E-state index in [4.69, 9.17) is 0 Å². The minimum absolute atomic E-state index is 0.0815. The monoisotopic (exact) mass is 310 g/mol. The maximum absolute atomic E-state index is 11.7. The van der Waals surface area contributed by atoms with Crippen molar-refractivity contribution in [2.75, 3.05) is 11.1 Å². The smallest absolute Gasteiger partial charge is 0.322 e. The van der Waals surface area contributed by atoms with Crippen LogP contribution in [-0.4, -0.2) is 46.2 Å². The van der Waals surface area contributed by atoms with Crippen molar-refractivity contribution in [3.8, 4) is 0 Å². The number of amides is 2. The molecule has 1 aliphatic heterocycles. The molecule has 4 N–H and O–H groups in total. The molecule has 3 heterocycles. The molecule has 10 nitrogen and oxygen atoms in total. The fraction of sp³-hybridized carbons (Fsp3) is 0.200. The standard InChI is InChI=1S/C10H10N6O4S/c17-8-6-7(12-4-11-6)14-9(15-8)16-10(18)13-5-1-2-21(19,20)3-5/h1-2,4-5H,3H2,(H4,11,12,13,14,15,16,17,18)/t5-/m1/s1. The zero-order valence-corrected chi connectivity index (χ0v) is 11.3. The lowest BCUT2D eigenvalue weighted by Crippen LogP contribution is -2.39. The van der Waals surface area contributed by atoms with Gasteiger partial charge in [-0.3, -0.25) is 15.1 Å². The summed E-state index contributed by atoms with van der Waals surface area (Å²) < 4.78 is 22.4. The molecule has 0 aromatic carbocycles. The lowest BCUT2D eigenvalue weighted by Gasteiger charge is -2.10. The number of sulfone groups is 1. The Kier molecular flexibility index (Phi) is 2.97. The molecule has 0 spiro atoms. The molecule has 1 aliphatic rings. The Bertz CT molecular complexity index is 896. The lowest BCUT2D eigenvalue weighted by molar-refractivity contribution is 0.251. The number of aromatic nitrogens is 4. The molecule has 0 radical (unpaired) electrons. The number of carbonyl (C=O) groups excluding carboxylic acids is 1. The van der Waals surface area contributed by atoms with Crippen LogP contribution in [0.4, 0.5) is 10.7 Å². The van der Waals surface area contributed by atoms with Gasteiger partial charge < -0.3 is 10.3 Å². The van der Waals surface area contributed by atoms with Gasteiger partial charge in [-0.05, 0) is 6.08 Å². The van der Waals surface area contributed by atoms with Crippen molar-refractivity contribution in [1.82, 2.24) is 25.3 Å². The molecule has 110 valence electrons. The molecule has 11 heteroatoms. The second kappa shape index (κ2) is 4.70. The third-order valence-corrected chi connectivity index (χ3v) is 4.17. The molecule has 0 saturated heterocycles. The van der Waals surface area contributed by atoms with Crippen molar-refractivity contribution < 1.29 is 13.2 Å². The van der Waals surface area contributed by atoms with Crippen molar-refractivity contribution in [1.29, 1.82) is 0 Å². The molecule has 2 aromatic heterocycles. The molecule has 0 unspecified atom stereocenters. The van der Waals surface area contributed by atoms with E-state index in [1.165, 1.54) is 12.4 Å². The summed E-state index contributed by atoms with van der Waals surface area (Å²) in [5.74, 6) is -0.273. The van der Waals surface area contributed by atoms with Crippen LogP contribution in [0.5, 0.6) is 0 Å². The summed E-state index contributed by atoms with van der Waals surface area (Å²) in [6, 6.07) is -1.30. The third-order valence-electron chi connectivity index (χ3n) is 2.77. The van der Waals surface area contributed by atoms with Gasteiger partial charge in [-0.1, -0.05) is 0 Å². The number of urea groups is 1. The Hall–Kier alpha value is -2.69. The molecular weight excluding hydrogens is 300 g/mol. The van der Waals surface area contributed by atoms with E-state index in [2.05, 4.69) is 30.6 Å². The van der Waals surface area contributed by atoms with Crippen LogP contribution in [-0.2, 0) is 9.84 Å². The summed E-state index contributed by atoms with van der Waals surface area (Å²) in [4.78, 5) is 36.1. The van der Waals surface area contributed by atoms with Crippen LogP contribution in [0.1, 0.15) is 0 Å². The van der Waals surface area contributed by atoms with Crippen molar-refractivity contribution in [2.45, 2.75) is 6.04 Å². The fourth-order valence-electron chi connectivity index (χ4n) is 1.88. The highest BCUT2D eigenvalue weighted by molar-refractivity contribution is 7.94. The Morgan fingerprint density at radius 3 is 2.95 bits per heavy atom. The predicted octanol–water partition coefficient (Wildman–Crippen LogP) is -0.922. The van der Waals surface area contributed by atoms with E-state index < -0.39 is 27.5 Å². The first-order valence-corrected chi connectivity index (χ1v) is 7.56. The number of rotatable bonds is 2. The Labute approximate surface area is 117 Å². The largest absolute Gasteiger partial charge is 0.339 e. The van der Waals surface area contributed by atoms with Gasteiger partial charge in [-0.25, -0.2) is 18.2 Å². The minimum atomic E-state index is -3.25. The average molecular weight is 310 g/mol. The van der Waals surface area contributed by atoms with E-state index in [9.17, 15) is 18.0 Å². The minimum Gasteiger partial charge on any atom is -0.339 e. The molecule has 2 amide bonds. The summed E-state index contributed by atoms with van der Waals surface area (Å²) in [6.45, 7) is 0. The van der Waals surface area contributed by atoms with Crippen molar-refractivity contribution in [3.63, 3.8) is 0 Å². The number of nitrogens with zero attached hydrogens (tertiary/aromatic N) is 2. The van der Waals surface area contributed by atoms with Crippen LogP contribution in [0.15, 0.2) is 22.6 Å². The molecule has 0 fully saturated rings. The molecule has 2 aromatic rings. The van der Waals surface area contributed by atoms with Crippen LogP contribution in [0.25, 0.3) is 11.2 Å². The topological polar surface area (TPSA) is 150 Å². The van der Waals surface area contributed by atoms with E-state index in [1.807, 2.05) is 0 Å². The Balaban J connectivity index is 1.72. The summed E-state index contributed by atoms with van der Waals surface area (Å²) in [6.07, 6.45) is 2.69. The Morgan fingerprint density at radius 1 is 1.43 bits per heavy atom. The van der Waals surface area contributed by atoms with Crippen molar-refractivity contribution in [2.24, 2.45) is 0 Å². The van der Waals surface area contributed by atoms with E-state index in [0.717, 1.165) is 5.41 Å². The van der Waals surface area contributed by atoms with Crippen LogP contribution in [0, 0.1) is 0 Å². The van der Waals surface area contributed by atoms with Gasteiger partial charge in [-0.2, -0.15) is 4.98 Å². The fourth-order valence-corrected chi connectivity index (χ4v) is 3.11. The van der Waals surface area contributed by atoms with Gasteiger partial charge in [0, 0.05) is 5.41 Å². The second-order valence-corrected chi connectivity index (χ2v) is 6.31. The van der Waals surface area contributed by atoms with Crippen molar-refractivity contribution >= 4 is 33.0 Å². The Morgan fingerprint density at radius 2 is 2.24 bits per heavy atom. The van der Waals surface area contributed by atoms with Crippen LogP contribution >= 0.6 is 0 Å². The van der Waals surface area contributed by atoms with E-state index >= 15 is 0 Å². The van der Waals surface area contributed by atoms with Crippen LogP contribution in [0.3, 0.4) is 0 Å². The second-order valence-electron chi connectivity index (χ2n) is 4.38. The van der Waals surface area contributed by atoms with Gasteiger partial charge in [0.05, 0.1) is 18.1 Å². The van der Waals surface area contributed by atoms with Gasteiger partial charge in [0.1, 0.15) is 0 Å². The summed E-state index contributed by atoms with van der Waals surface area (Å²) in [5.41, 5.74) is -0.112. The number of imidazole rings is 1. The maximum atomic E-state index is 11.7. The van der Waals surface area contributed by atoms with Gasteiger partial charge in [-0.15, -0.1) is 0 Å². The van der Waals surface area contributed by atoms with Crippen LogP contribution < -0.4 is 16.2 Å². The first-order valence-electron chi connectivity index (χ1n) is 5.85. The number of carbonyl (C=O) groups is 1. The third kappa shape index (κ3) is 2.76. The van der Waals surface area contributed by atoms with Gasteiger partial charge in [0.15, 0.2) is 21.0 Å². The number of anilines is 1. The summed E-state index contributed by atoms with van der Waals surface area (Å²) in [7, 11) is -3.25. The average Bonchev–Trinajstić information content (AvgIpc) is 2.96. The quantitative estimate of drug-likeness (QED) is 0.563. The van der Waals surface area contributed by atoms with E-state index in [1.54, 1.807) is 0 Å². The molecular formula is C10H10N6O4S. The number of hydrogen-bond donors (Lipinski definition) is 4. The molecule has 21 heavy (non-hydrogen) atoms. The number of hydrogen-bond acceptors (Lipinski definition) is 6. The SMILES string of the molecule is O=C(Nc1nc2nc[nH]c2c(=O)[nH]1)N[C@@H]1C=CS(=O)(=O)C1. The lowest BCUT2D eigenvalue weighted by atomic mass is 10.3. The van der Waals surface area contributed by atoms with E-state index in [0.29, 0.717) is 0 Å². The van der Waals surface area contributed by atoms with Crippen molar-refractivity contribution in [3.05, 3.63) is 28.2 Å². The maximum Gasteiger partial charge on any atom is 0.322 e. The molecule has 0 aliphatic carbocycles. The van der Waals surface area contributed by atoms with Gasteiger partial charge in [0.2, 0.25) is 5.95 Å². The predicted molar refractivity (Wildman–Crippen MR) is 73.4 cm³/mol. The first kappa shape index (κ1) is 13.3. The van der Waals surface area contributed by atoms with Gasteiger partial charge >= 0.3 is 6.03 Å². The highest BCUT2D eigenvalue weighted by atomic mass is 32.2. The number of H-pyrrole nitrogens is 2. The highest BCUT2D eigenvalue weighted by Gasteiger charge is 2.23. The number of aromatic amines is 2. The molecule has 1 atom stereocenters. The molecule has 3 rings (SSSR count). The zero-order chi connectivity index (χ0) is 15.0. The van der Waals surface area contributed by atoms with Crippen LogP contribution in [0.2, 0.25) is 0 Å². The first-order chi connectivity index (χ1) is 9.93. The number of nitrogens with one attached hydrogen (secondary N) is 4. The van der Waals surface area contributed by atoms with Gasteiger partial charge in [0.25, 0.3) is 5.56 Å². The normalized spacial score (nSPS) is 19.7. The summed E-state index contributed by atoms with van der Waals surface area (Å²) in [5, 5.41) is 5.81. The highest BCUT2D eigenvalue weighted by Crippen LogP contribution is 2.08. The zero-order valence-electron chi connectivity index (χ0n) is 10.5. The summed E-state index contributed by atoms with van der Waals surface area (Å²) >= 11 is 0. The molecule has 0 bridgehead atoms. The van der Waals surface area contributed by atoms with E-state index in [-0.39, 0.29) is 22.9 Å². The number of fused-ring (bicyclic) bond motifs is 1.